The molecule has 0 fully saturated rings. The normalized spacial score (nSPS) is 13.6. The van der Waals surface area contributed by atoms with Gasteiger partial charge in [-0.15, -0.1) is 0 Å². The average Bonchev–Trinajstić information content (AvgIpc) is 2.59. The fourth-order valence-corrected chi connectivity index (χ4v) is 2.40. The van der Waals surface area contributed by atoms with Crippen LogP contribution in [-0.4, -0.2) is 11.9 Å². The molecule has 2 atom stereocenters. The molecule has 0 aliphatic rings. The van der Waals surface area contributed by atoms with Gasteiger partial charge in [-0.25, -0.2) is 0 Å². The van der Waals surface area contributed by atoms with Gasteiger partial charge in [0.25, 0.3) is 0 Å². The Hall–Kier alpha value is -2.13. The Balaban J connectivity index is 2.25. The topological polar surface area (TPSA) is 55.1 Å². The molecule has 0 saturated heterocycles. The standard InChI is InChI=1S/C19H24N2O/c1-3-14(2)17(20)19(22)21-18(15-10-6-4-7-11-15)16-12-8-5-9-13-16/h4-14,17-18H,3,20H2,1-2H3,(H,21,22)/t14?,17-/m0/s1. The summed E-state index contributed by atoms with van der Waals surface area (Å²) in [4.78, 5) is 12.5. The van der Waals surface area contributed by atoms with Crippen molar-refractivity contribution in [3.63, 3.8) is 0 Å². The summed E-state index contributed by atoms with van der Waals surface area (Å²) in [5, 5.41) is 3.10. The fourth-order valence-electron chi connectivity index (χ4n) is 2.40. The Morgan fingerprint density at radius 3 is 1.86 bits per heavy atom. The summed E-state index contributed by atoms with van der Waals surface area (Å²) >= 11 is 0. The van der Waals surface area contributed by atoms with Gasteiger partial charge in [0.1, 0.15) is 0 Å². The van der Waals surface area contributed by atoms with Crippen molar-refractivity contribution < 1.29 is 4.79 Å². The molecule has 3 N–H and O–H groups in total. The van der Waals surface area contributed by atoms with Crippen LogP contribution < -0.4 is 11.1 Å². The summed E-state index contributed by atoms with van der Waals surface area (Å²) in [7, 11) is 0. The van der Waals surface area contributed by atoms with Crippen molar-refractivity contribution in [1.29, 1.82) is 0 Å². The van der Waals surface area contributed by atoms with Gasteiger partial charge in [-0.2, -0.15) is 0 Å². The molecule has 22 heavy (non-hydrogen) atoms. The monoisotopic (exact) mass is 296 g/mol. The van der Waals surface area contributed by atoms with Gasteiger partial charge in [-0.05, 0) is 17.0 Å². The van der Waals surface area contributed by atoms with E-state index in [0.717, 1.165) is 17.5 Å². The van der Waals surface area contributed by atoms with Gasteiger partial charge in [0, 0.05) is 0 Å². The SMILES string of the molecule is CCC(C)[C@H](N)C(=O)NC(c1ccccc1)c1ccccc1. The molecule has 0 spiro atoms. The first-order valence-electron chi connectivity index (χ1n) is 7.79. The fraction of sp³-hybridized carbons (Fsp3) is 0.316. The third-order valence-corrected chi connectivity index (χ3v) is 4.11. The Morgan fingerprint density at radius 2 is 1.45 bits per heavy atom. The van der Waals surface area contributed by atoms with Gasteiger partial charge in [-0.3, -0.25) is 4.79 Å². The van der Waals surface area contributed by atoms with Crippen LogP contribution in [0.25, 0.3) is 0 Å². The zero-order chi connectivity index (χ0) is 15.9. The number of nitrogens with two attached hydrogens (primary N) is 1. The number of carbonyl (C=O) groups excluding carboxylic acids is 1. The molecule has 0 radical (unpaired) electrons. The van der Waals surface area contributed by atoms with E-state index < -0.39 is 6.04 Å². The van der Waals surface area contributed by atoms with Crippen molar-refractivity contribution >= 4 is 5.91 Å². The van der Waals surface area contributed by atoms with Crippen molar-refractivity contribution in [2.24, 2.45) is 11.7 Å². The van der Waals surface area contributed by atoms with Gasteiger partial charge in [0.05, 0.1) is 12.1 Å². The maximum atomic E-state index is 12.5. The van der Waals surface area contributed by atoms with Crippen molar-refractivity contribution in [2.45, 2.75) is 32.4 Å². The van der Waals surface area contributed by atoms with E-state index in [0.29, 0.717) is 0 Å². The van der Waals surface area contributed by atoms with Crippen molar-refractivity contribution in [3.8, 4) is 0 Å². The summed E-state index contributed by atoms with van der Waals surface area (Å²) in [6, 6.07) is 19.3. The highest BCUT2D eigenvalue weighted by Gasteiger charge is 2.23. The van der Waals surface area contributed by atoms with E-state index in [4.69, 9.17) is 5.73 Å². The van der Waals surface area contributed by atoms with E-state index in [1.807, 2.05) is 74.5 Å². The highest BCUT2D eigenvalue weighted by molar-refractivity contribution is 5.82. The molecule has 116 valence electrons. The number of rotatable bonds is 6. The summed E-state index contributed by atoms with van der Waals surface area (Å²) in [5.41, 5.74) is 8.17. The van der Waals surface area contributed by atoms with Gasteiger partial charge in [-0.1, -0.05) is 80.9 Å². The van der Waals surface area contributed by atoms with E-state index in [-0.39, 0.29) is 17.9 Å². The van der Waals surface area contributed by atoms with E-state index in [2.05, 4.69) is 5.32 Å². The first-order chi connectivity index (χ1) is 10.6. The largest absolute Gasteiger partial charge is 0.344 e. The minimum absolute atomic E-state index is 0.105. The predicted molar refractivity (Wildman–Crippen MR) is 90.3 cm³/mol. The van der Waals surface area contributed by atoms with Gasteiger partial charge >= 0.3 is 0 Å². The molecule has 2 rings (SSSR count). The van der Waals surface area contributed by atoms with Crippen LogP contribution in [0.2, 0.25) is 0 Å². The number of benzene rings is 2. The number of amides is 1. The lowest BCUT2D eigenvalue weighted by molar-refractivity contribution is -0.123. The molecular weight excluding hydrogens is 272 g/mol. The summed E-state index contributed by atoms with van der Waals surface area (Å²) in [6.45, 7) is 4.05. The van der Waals surface area contributed by atoms with Gasteiger partial charge in [0.15, 0.2) is 0 Å². The van der Waals surface area contributed by atoms with E-state index in [1.54, 1.807) is 0 Å². The zero-order valence-corrected chi connectivity index (χ0v) is 13.2. The molecule has 0 heterocycles. The van der Waals surface area contributed by atoms with Crippen LogP contribution in [0.1, 0.15) is 37.4 Å². The quantitative estimate of drug-likeness (QED) is 0.859. The summed E-state index contributed by atoms with van der Waals surface area (Å²) in [5.74, 6) is 0.0549. The van der Waals surface area contributed by atoms with E-state index >= 15 is 0 Å². The molecule has 0 aliphatic carbocycles. The molecule has 0 bridgehead atoms. The van der Waals surface area contributed by atoms with Crippen LogP contribution in [0, 0.1) is 5.92 Å². The highest BCUT2D eigenvalue weighted by atomic mass is 16.2. The average molecular weight is 296 g/mol. The Morgan fingerprint density at radius 1 is 1.00 bits per heavy atom. The molecule has 1 amide bonds. The Bertz CT molecular complexity index is 543. The second-order valence-electron chi connectivity index (χ2n) is 5.67. The van der Waals surface area contributed by atoms with Crippen LogP contribution in [0.4, 0.5) is 0 Å². The Kier molecular flexibility index (Phi) is 5.73. The molecule has 3 heteroatoms. The smallest absolute Gasteiger partial charge is 0.237 e. The molecular formula is C19H24N2O. The van der Waals surface area contributed by atoms with Crippen LogP contribution >= 0.6 is 0 Å². The second kappa shape index (κ2) is 7.76. The summed E-state index contributed by atoms with van der Waals surface area (Å²) in [6.07, 6.45) is 0.885. The predicted octanol–water partition coefficient (Wildman–Crippen LogP) is 3.27. The molecule has 1 unspecified atom stereocenters. The molecule has 3 nitrogen and oxygen atoms in total. The number of hydrogen-bond acceptors (Lipinski definition) is 2. The molecule has 0 aliphatic heterocycles. The maximum absolute atomic E-state index is 12.5. The molecule has 2 aromatic rings. The summed E-state index contributed by atoms with van der Waals surface area (Å²) < 4.78 is 0. The zero-order valence-electron chi connectivity index (χ0n) is 13.2. The Labute approximate surface area is 132 Å². The maximum Gasteiger partial charge on any atom is 0.237 e. The van der Waals surface area contributed by atoms with Crippen molar-refractivity contribution in [3.05, 3.63) is 71.8 Å². The first-order valence-corrected chi connectivity index (χ1v) is 7.79. The van der Waals surface area contributed by atoms with Crippen molar-refractivity contribution in [2.75, 3.05) is 0 Å². The number of hydrogen-bond donors (Lipinski definition) is 2. The first kappa shape index (κ1) is 16.2. The second-order valence-corrected chi connectivity index (χ2v) is 5.67. The van der Waals surface area contributed by atoms with Crippen LogP contribution in [0.3, 0.4) is 0 Å². The van der Waals surface area contributed by atoms with E-state index in [1.165, 1.54) is 0 Å². The molecule has 0 aromatic heterocycles. The van der Waals surface area contributed by atoms with Crippen LogP contribution in [0.15, 0.2) is 60.7 Å². The lowest BCUT2D eigenvalue weighted by atomic mass is 9.96. The third kappa shape index (κ3) is 3.95. The van der Waals surface area contributed by atoms with Crippen LogP contribution in [-0.2, 0) is 4.79 Å². The highest BCUT2D eigenvalue weighted by Crippen LogP contribution is 2.22. The molecule has 0 saturated carbocycles. The van der Waals surface area contributed by atoms with Crippen molar-refractivity contribution in [1.82, 2.24) is 5.32 Å². The lowest BCUT2D eigenvalue weighted by Gasteiger charge is -2.24. The van der Waals surface area contributed by atoms with Crippen LogP contribution in [0.5, 0.6) is 0 Å². The van der Waals surface area contributed by atoms with Gasteiger partial charge in [0.2, 0.25) is 5.91 Å². The minimum Gasteiger partial charge on any atom is -0.344 e. The molecule has 2 aromatic carbocycles. The number of nitrogens with one attached hydrogen (secondary N) is 1. The number of carbonyl (C=O) groups is 1. The third-order valence-electron chi connectivity index (χ3n) is 4.11. The van der Waals surface area contributed by atoms with E-state index in [9.17, 15) is 4.79 Å². The minimum atomic E-state index is -0.486. The van der Waals surface area contributed by atoms with Gasteiger partial charge < -0.3 is 11.1 Å². The lowest BCUT2D eigenvalue weighted by Crippen LogP contribution is -2.46.